The lowest BCUT2D eigenvalue weighted by molar-refractivity contribution is -0.132. The van der Waals surface area contributed by atoms with Crippen molar-refractivity contribution >= 4 is 17.5 Å². The SMILES string of the molecule is Cc1cc(C)n(CCCC(=O)N2CCN(C)CCCN(C(=O)CC(C)C)c3ccccc3C2)c(=O)n1. The van der Waals surface area contributed by atoms with Gasteiger partial charge < -0.3 is 14.7 Å². The van der Waals surface area contributed by atoms with Crippen LogP contribution >= 0.6 is 0 Å². The molecule has 0 saturated carbocycles. The number of hydrogen-bond acceptors (Lipinski definition) is 5. The molecule has 3 rings (SSSR count). The molecule has 196 valence electrons. The zero-order valence-corrected chi connectivity index (χ0v) is 22.5. The standard InChI is InChI=1S/C28H41N5O3/c1-21(2)18-27(35)33-15-9-13-30(5)16-17-31(20-24-10-6-7-11-25(24)33)26(34)12-8-14-32-23(4)19-22(3)29-28(32)36/h6-7,10-11,19,21H,8-9,12-18,20H2,1-5H3. The molecule has 0 bridgehead atoms. The molecule has 1 aliphatic heterocycles. The number of benzene rings is 1. The minimum absolute atomic E-state index is 0.0586. The van der Waals surface area contributed by atoms with E-state index in [0.29, 0.717) is 51.1 Å². The van der Waals surface area contributed by atoms with Crippen LogP contribution in [0.15, 0.2) is 35.1 Å². The number of aromatic nitrogens is 2. The van der Waals surface area contributed by atoms with Gasteiger partial charge >= 0.3 is 5.69 Å². The van der Waals surface area contributed by atoms with E-state index in [0.717, 1.165) is 36.5 Å². The number of hydrogen-bond donors (Lipinski definition) is 0. The maximum atomic E-state index is 13.4. The third kappa shape index (κ3) is 7.50. The summed E-state index contributed by atoms with van der Waals surface area (Å²) in [7, 11) is 2.06. The van der Waals surface area contributed by atoms with Crippen LogP contribution in [0.5, 0.6) is 0 Å². The Morgan fingerprint density at radius 3 is 2.50 bits per heavy atom. The average molecular weight is 496 g/mol. The molecule has 1 aliphatic rings. The van der Waals surface area contributed by atoms with Gasteiger partial charge in [0.15, 0.2) is 0 Å². The first kappa shape index (κ1) is 27.6. The molecule has 2 aromatic rings. The lowest BCUT2D eigenvalue weighted by Gasteiger charge is -2.28. The van der Waals surface area contributed by atoms with E-state index in [9.17, 15) is 14.4 Å². The molecule has 0 radical (unpaired) electrons. The summed E-state index contributed by atoms with van der Waals surface area (Å²) < 4.78 is 1.63. The Labute approximate surface area is 214 Å². The maximum Gasteiger partial charge on any atom is 0.347 e. The topological polar surface area (TPSA) is 78.8 Å². The van der Waals surface area contributed by atoms with Crippen LogP contribution in [0.2, 0.25) is 0 Å². The molecule has 1 aromatic carbocycles. The molecule has 0 atom stereocenters. The summed E-state index contributed by atoms with van der Waals surface area (Å²) in [5, 5.41) is 0. The van der Waals surface area contributed by atoms with Gasteiger partial charge in [0, 0.05) is 62.6 Å². The Bertz CT molecular complexity index is 1110. The Kier molecular flexibility index (Phi) is 9.81. The van der Waals surface area contributed by atoms with Crippen LogP contribution in [-0.4, -0.2) is 64.4 Å². The zero-order chi connectivity index (χ0) is 26.2. The van der Waals surface area contributed by atoms with Gasteiger partial charge in [-0.1, -0.05) is 32.0 Å². The number of anilines is 1. The Morgan fingerprint density at radius 1 is 1.03 bits per heavy atom. The molecule has 0 spiro atoms. The number of carbonyl (C=O) groups is 2. The van der Waals surface area contributed by atoms with E-state index in [-0.39, 0.29) is 23.4 Å². The van der Waals surface area contributed by atoms with Crippen LogP contribution in [0.3, 0.4) is 0 Å². The summed E-state index contributed by atoms with van der Waals surface area (Å²) in [6, 6.07) is 9.83. The molecule has 8 heteroatoms. The second-order valence-corrected chi connectivity index (χ2v) is 10.3. The maximum absolute atomic E-state index is 13.4. The molecule has 36 heavy (non-hydrogen) atoms. The monoisotopic (exact) mass is 495 g/mol. The number of rotatable bonds is 6. The fourth-order valence-corrected chi connectivity index (χ4v) is 4.74. The van der Waals surface area contributed by atoms with Gasteiger partial charge in [-0.2, -0.15) is 4.98 Å². The fraction of sp³-hybridized carbons (Fsp3) is 0.571. The van der Waals surface area contributed by atoms with E-state index in [2.05, 4.69) is 30.8 Å². The lowest BCUT2D eigenvalue weighted by atomic mass is 10.1. The molecular weight excluding hydrogens is 454 g/mol. The van der Waals surface area contributed by atoms with Gasteiger partial charge in [0.25, 0.3) is 0 Å². The van der Waals surface area contributed by atoms with Crippen LogP contribution in [0, 0.1) is 19.8 Å². The third-order valence-corrected chi connectivity index (χ3v) is 6.67. The Balaban J connectivity index is 1.78. The smallest absolute Gasteiger partial charge is 0.337 e. The zero-order valence-electron chi connectivity index (χ0n) is 22.5. The van der Waals surface area contributed by atoms with Crippen molar-refractivity contribution in [2.45, 2.75) is 66.5 Å². The number of amides is 2. The molecule has 0 aliphatic carbocycles. The highest BCUT2D eigenvalue weighted by atomic mass is 16.2. The first-order chi connectivity index (χ1) is 17.2. The Hall–Kier alpha value is -3.00. The van der Waals surface area contributed by atoms with Gasteiger partial charge in [-0.3, -0.25) is 14.2 Å². The van der Waals surface area contributed by atoms with Crippen molar-refractivity contribution in [2.75, 3.05) is 38.1 Å². The van der Waals surface area contributed by atoms with Gasteiger partial charge in [-0.05, 0) is 63.9 Å². The van der Waals surface area contributed by atoms with Gasteiger partial charge in [0.1, 0.15) is 0 Å². The predicted molar refractivity (Wildman–Crippen MR) is 143 cm³/mol. The molecule has 8 nitrogen and oxygen atoms in total. The summed E-state index contributed by atoms with van der Waals surface area (Å²) in [5.74, 6) is 0.469. The molecule has 0 unspecified atom stereocenters. The van der Waals surface area contributed by atoms with Gasteiger partial charge in [0.2, 0.25) is 11.8 Å². The predicted octanol–water partition coefficient (Wildman–Crippen LogP) is 3.38. The number of likely N-dealkylation sites (N-methyl/N-ethyl adjacent to an activating group) is 1. The molecule has 0 N–H and O–H groups in total. The first-order valence-electron chi connectivity index (χ1n) is 13.1. The molecule has 1 aromatic heterocycles. The normalized spacial score (nSPS) is 15.5. The molecule has 2 amide bonds. The van der Waals surface area contributed by atoms with Crippen molar-refractivity contribution in [1.82, 2.24) is 19.4 Å². The fourth-order valence-electron chi connectivity index (χ4n) is 4.74. The van der Waals surface area contributed by atoms with Crippen LogP contribution in [0.1, 0.15) is 56.5 Å². The van der Waals surface area contributed by atoms with Crippen molar-refractivity contribution < 1.29 is 9.59 Å². The summed E-state index contributed by atoms with van der Waals surface area (Å²) >= 11 is 0. The van der Waals surface area contributed by atoms with Crippen molar-refractivity contribution in [2.24, 2.45) is 5.92 Å². The van der Waals surface area contributed by atoms with Crippen LogP contribution < -0.4 is 10.6 Å². The summed E-state index contributed by atoms with van der Waals surface area (Å²) in [5.41, 5.74) is 3.19. The van der Waals surface area contributed by atoms with Gasteiger partial charge in [-0.25, -0.2) is 4.79 Å². The molecular formula is C28H41N5O3. The minimum atomic E-state index is -0.267. The number of carbonyl (C=O) groups excluding carboxylic acids is 2. The van der Waals surface area contributed by atoms with E-state index >= 15 is 0 Å². The first-order valence-corrected chi connectivity index (χ1v) is 13.1. The Morgan fingerprint density at radius 2 is 1.78 bits per heavy atom. The summed E-state index contributed by atoms with van der Waals surface area (Å²) in [6.07, 6.45) is 2.29. The number of nitrogens with zero attached hydrogens (tertiary/aromatic N) is 5. The number of aryl methyl sites for hydroxylation is 2. The van der Waals surface area contributed by atoms with Crippen molar-refractivity contribution in [3.63, 3.8) is 0 Å². The second kappa shape index (κ2) is 12.8. The van der Waals surface area contributed by atoms with E-state index in [1.807, 2.05) is 54.0 Å². The summed E-state index contributed by atoms with van der Waals surface area (Å²) in [6.45, 7) is 11.7. The van der Waals surface area contributed by atoms with E-state index in [1.54, 1.807) is 4.57 Å². The highest BCUT2D eigenvalue weighted by Crippen LogP contribution is 2.25. The van der Waals surface area contributed by atoms with E-state index < -0.39 is 0 Å². The highest BCUT2D eigenvalue weighted by molar-refractivity contribution is 5.94. The lowest BCUT2D eigenvalue weighted by Crippen LogP contribution is -2.37. The van der Waals surface area contributed by atoms with Crippen LogP contribution in [0.25, 0.3) is 0 Å². The number of para-hydroxylation sites is 1. The minimum Gasteiger partial charge on any atom is -0.337 e. The molecule has 0 fully saturated rings. The van der Waals surface area contributed by atoms with Crippen LogP contribution in [-0.2, 0) is 22.7 Å². The second-order valence-electron chi connectivity index (χ2n) is 10.3. The van der Waals surface area contributed by atoms with Crippen LogP contribution in [0.4, 0.5) is 5.69 Å². The van der Waals surface area contributed by atoms with Crippen molar-refractivity contribution in [1.29, 1.82) is 0 Å². The van der Waals surface area contributed by atoms with Crippen molar-refractivity contribution in [3.8, 4) is 0 Å². The highest BCUT2D eigenvalue weighted by Gasteiger charge is 2.23. The van der Waals surface area contributed by atoms with Gasteiger partial charge in [-0.15, -0.1) is 0 Å². The molecule has 2 heterocycles. The molecule has 0 saturated heterocycles. The third-order valence-electron chi connectivity index (χ3n) is 6.67. The van der Waals surface area contributed by atoms with Crippen molar-refractivity contribution in [3.05, 3.63) is 57.8 Å². The largest absolute Gasteiger partial charge is 0.347 e. The quantitative estimate of drug-likeness (QED) is 0.614. The van der Waals surface area contributed by atoms with E-state index in [4.69, 9.17) is 0 Å². The summed E-state index contributed by atoms with van der Waals surface area (Å²) in [4.78, 5) is 48.9. The average Bonchev–Trinajstić information content (AvgIpc) is 2.83. The van der Waals surface area contributed by atoms with E-state index in [1.165, 1.54) is 0 Å². The van der Waals surface area contributed by atoms with Gasteiger partial charge in [0.05, 0.1) is 0 Å². The number of fused-ring (bicyclic) bond motifs is 1.